The normalized spacial score (nSPS) is 11.2. The molecule has 0 spiro atoms. The van der Waals surface area contributed by atoms with E-state index in [1.54, 1.807) is 36.4 Å². The van der Waals surface area contributed by atoms with Crippen molar-refractivity contribution in [3.8, 4) is 11.5 Å². The molecule has 7 nitrogen and oxygen atoms in total. The number of nitrogens with one attached hydrogen (secondary N) is 1. The molecule has 0 fully saturated rings. The smallest absolute Gasteiger partial charge is 0.243 e. The van der Waals surface area contributed by atoms with Crippen molar-refractivity contribution in [1.82, 2.24) is 4.31 Å². The summed E-state index contributed by atoms with van der Waals surface area (Å²) in [5, 5.41) is 2.74. The lowest BCUT2D eigenvalue weighted by molar-refractivity contribution is -0.116. The van der Waals surface area contributed by atoms with Gasteiger partial charge in [0.15, 0.2) is 11.5 Å². The summed E-state index contributed by atoms with van der Waals surface area (Å²) in [5.41, 5.74) is 1.47. The number of sulfonamides is 1. The van der Waals surface area contributed by atoms with Gasteiger partial charge in [-0.2, -0.15) is 4.31 Å². The minimum atomic E-state index is -3.85. The highest BCUT2D eigenvalue weighted by molar-refractivity contribution is 7.89. The van der Waals surface area contributed by atoms with Gasteiger partial charge in [0.25, 0.3) is 0 Å². The zero-order valence-corrected chi connectivity index (χ0v) is 18.8. The molecule has 0 saturated heterocycles. The summed E-state index contributed by atoms with van der Waals surface area (Å²) in [6.07, 6.45) is 0.483. The van der Waals surface area contributed by atoms with E-state index >= 15 is 0 Å². The van der Waals surface area contributed by atoms with Gasteiger partial charge in [0.05, 0.1) is 25.7 Å². The number of carbonyl (C=O) groups excluding carboxylic acids is 1. The Morgan fingerprint density at radius 2 is 1.50 bits per heavy atom. The number of methoxy groups -OCH3 is 2. The van der Waals surface area contributed by atoms with Crippen molar-refractivity contribution in [3.63, 3.8) is 0 Å². The molecule has 0 atom stereocenters. The molecule has 0 saturated carbocycles. The molecule has 0 aliphatic rings. The van der Waals surface area contributed by atoms with Gasteiger partial charge in [0.1, 0.15) is 0 Å². The fourth-order valence-corrected chi connectivity index (χ4v) is 4.62. The lowest BCUT2D eigenvalue weighted by atomic mass is 10.1. The Hall–Kier alpha value is -3.36. The first kappa shape index (κ1) is 23.3. The van der Waals surface area contributed by atoms with Crippen molar-refractivity contribution in [2.75, 3.05) is 32.6 Å². The second-order valence-electron chi connectivity index (χ2n) is 7.01. The number of hydrogen-bond donors (Lipinski definition) is 1. The molecular weight excluding hydrogens is 428 g/mol. The summed E-state index contributed by atoms with van der Waals surface area (Å²) in [6.45, 7) is -0.154. The third-order valence-electron chi connectivity index (χ3n) is 4.86. The topological polar surface area (TPSA) is 84.9 Å². The SMILES string of the molecule is COc1ccc(NC(=O)CN(CCc2ccccc2)S(=O)(=O)c2ccccc2)cc1OC. The monoisotopic (exact) mass is 454 g/mol. The molecule has 3 aromatic rings. The molecular formula is C24H26N2O5S. The van der Waals surface area contributed by atoms with Crippen LogP contribution in [0, 0.1) is 0 Å². The third-order valence-corrected chi connectivity index (χ3v) is 6.72. The summed E-state index contributed by atoms with van der Waals surface area (Å²) < 4.78 is 38.1. The van der Waals surface area contributed by atoms with E-state index in [1.165, 1.54) is 30.7 Å². The van der Waals surface area contributed by atoms with E-state index in [0.717, 1.165) is 5.56 Å². The van der Waals surface area contributed by atoms with Crippen LogP contribution in [0.1, 0.15) is 5.56 Å². The van der Waals surface area contributed by atoms with Crippen molar-refractivity contribution >= 4 is 21.6 Å². The number of hydrogen-bond acceptors (Lipinski definition) is 5. The number of anilines is 1. The van der Waals surface area contributed by atoms with Gasteiger partial charge >= 0.3 is 0 Å². The van der Waals surface area contributed by atoms with Crippen LogP contribution >= 0.6 is 0 Å². The second-order valence-corrected chi connectivity index (χ2v) is 8.94. The largest absolute Gasteiger partial charge is 0.493 e. The summed E-state index contributed by atoms with van der Waals surface area (Å²) in [6, 6.07) is 22.6. The van der Waals surface area contributed by atoms with E-state index in [9.17, 15) is 13.2 Å². The van der Waals surface area contributed by atoms with Crippen LogP contribution in [0.2, 0.25) is 0 Å². The maximum absolute atomic E-state index is 13.2. The van der Waals surface area contributed by atoms with Crippen molar-refractivity contribution in [3.05, 3.63) is 84.4 Å². The van der Waals surface area contributed by atoms with Gasteiger partial charge in [0, 0.05) is 18.3 Å². The van der Waals surface area contributed by atoms with Crippen LogP contribution in [0.3, 0.4) is 0 Å². The third kappa shape index (κ3) is 5.87. The summed E-state index contributed by atoms with van der Waals surface area (Å²) in [4.78, 5) is 12.9. The molecule has 0 bridgehead atoms. The van der Waals surface area contributed by atoms with E-state index in [0.29, 0.717) is 23.6 Å². The molecule has 0 unspecified atom stereocenters. The molecule has 32 heavy (non-hydrogen) atoms. The van der Waals surface area contributed by atoms with Crippen molar-refractivity contribution < 1.29 is 22.7 Å². The van der Waals surface area contributed by atoms with Crippen LogP contribution in [0.4, 0.5) is 5.69 Å². The molecule has 0 heterocycles. The molecule has 3 rings (SSSR count). The van der Waals surface area contributed by atoms with Gasteiger partial charge in [0.2, 0.25) is 15.9 Å². The molecule has 0 aromatic heterocycles. The van der Waals surface area contributed by atoms with Crippen LogP contribution in [0.25, 0.3) is 0 Å². The van der Waals surface area contributed by atoms with E-state index in [1.807, 2.05) is 30.3 Å². The predicted molar refractivity (Wildman–Crippen MR) is 124 cm³/mol. The Kier molecular flexibility index (Phi) is 7.86. The number of amides is 1. The van der Waals surface area contributed by atoms with E-state index in [2.05, 4.69) is 5.32 Å². The first-order chi connectivity index (χ1) is 15.4. The second kappa shape index (κ2) is 10.8. The first-order valence-corrected chi connectivity index (χ1v) is 11.5. The summed E-state index contributed by atoms with van der Waals surface area (Å²) in [5.74, 6) is 0.537. The zero-order valence-electron chi connectivity index (χ0n) is 18.0. The van der Waals surface area contributed by atoms with Crippen LogP contribution < -0.4 is 14.8 Å². The van der Waals surface area contributed by atoms with Gasteiger partial charge in [-0.15, -0.1) is 0 Å². The average Bonchev–Trinajstić information content (AvgIpc) is 2.82. The Balaban J connectivity index is 1.79. The molecule has 0 radical (unpaired) electrons. The lowest BCUT2D eigenvalue weighted by Crippen LogP contribution is -2.39. The van der Waals surface area contributed by atoms with Crippen molar-refractivity contribution in [2.45, 2.75) is 11.3 Å². The fourth-order valence-electron chi connectivity index (χ4n) is 3.20. The lowest BCUT2D eigenvalue weighted by Gasteiger charge is -2.22. The Labute approximate surface area is 188 Å². The highest BCUT2D eigenvalue weighted by Gasteiger charge is 2.26. The number of benzene rings is 3. The fraction of sp³-hybridized carbons (Fsp3) is 0.208. The quantitative estimate of drug-likeness (QED) is 0.506. The van der Waals surface area contributed by atoms with Gasteiger partial charge in [-0.05, 0) is 36.2 Å². The summed E-state index contributed by atoms with van der Waals surface area (Å²) in [7, 11) is -0.830. The van der Waals surface area contributed by atoms with E-state index in [4.69, 9.17) is 9.47 Å². The molecule has 3 aromatic carbocycles. The first-order valence-electron chi connectivity index (χ1n) is 10.0. The molecule has 0 aliphatic carbocycles. The molecule has 8 heteroatoms. The van der Waals surface area contributed by atoms with Crippen LogP contribution in [0.15, 0.2) is 83.8 Å². The molecule has 0 aliphatic heterocycles. The highest BCUT2D eigenvalue weighted by Crippen LogP contribution is 2.29. The van der Waals surface area contributed by atoms with Crippen molar-refractivity contribution in [2.24, 2.45) is 0 Å². The van der Waals surface area contributed by atoms with Crippen molar-refractivity contribution in [1.29, 1.82) is 0 Å². The van der Waals surface area contributed by atoms with Crippen LogP contribution in [0.5, 0.6) is 11.5 Å². The zero-order chi connectivity index (χ0) is 23.0. The summed E-state index contributed by atoms with van der Waals surface area (Å²) >= 11 is 0. The number of carbonyl (C=O) groups is 1. The predicted octanol–water partition coefficient (Wildman–Crippen LogP) is 3.58. The number of nitrogens with zero attached hydrogens (tertiary/aromatic N) is 1. The van der Waals surface area contributed by atoms with Gasteiger partial charge in [-0.3, -0.25) is 4.79 Å². The van der Waals surface area contributed by atoms with Gasteiger partial charge in [-0.1, -0.05) is 48.5 Å². The minimum Gasteiger partial charge on any atom is -0.493 e. The van der Waals surface area contributed by atoms with E-state index in [-0.39, 0.29) is 18.0 Å². The van der Waals surface area contributed by atoms with Gasteiger partial charge < -0.3 is 14.8 Å². The van der Waals surface area contributed by atoms with Gasteiger partial charge in [-0.25, -0.2) is 8.42 Å². The number of rotatable bonds is 10. The maximum Gasteiger partial charge on any atom is 0.243 e. The molecule has 168 valence electrons. The van der Waals surface area contributed by atoms with Crippen LogP contribution in [-0.4, -0.2) is 45.9 Å². The Morgan fingerprint density at radius 1 is 0.875 bits per heavy atom. The average molecular weight is 455 g/mol. The maximum atomic E-state index is 13.2. The Morgan fingerprint density at radius 3 is 2.12 bits per heavy atom. The highest BCUT2D eigenvalue weighted by atomic mass is 32.2. The number of ether oxygens (including phenoxy) is 2. The molecule has 1 amide bonds. The minimum absolute atomic E-state index is 0.145. The standard InChI is InChI=1S/C24H26N2O5S/c1-30-22-14-13-20(17-23(22)31-2)25-24(27)18-26(16-15-19-9-5-3-6-10-19)32(28,29)21-11-7-4-8-12-21/h3-14,17H,15-16,18H2,1-2H3,(H,25,27). The van der Waals surface area contributed by atoms with Crippen LogP contribution in [-0.2, 0) is 21.2 Å². The van der Waals surface area contributed by atoms with E-state index < -0.39 is 15.9 Å². The molecule has 1 N–H and O–H groups in total. The Bertz CT molecular complexity index is 1140.